The summed E-state index contributed by atoms with van der Waals surface area (Å²) >= 11 is 0. The van der Waals surface area contributed by atoms with Crippen LogP contribution in [-0.4, -0.2) is 58.4 Å². The Kier molecular flexibility index (Phi) is 5.78. The van der Waals surface area contributed by atoms with E-state index < -0.39 is 0 Å². The molecule has 1 N–H and O–H groups in total. The van der Waals surface area contributed by atoms with Crippen molar-refractivity contribution in [1.29, 1.82) is 0 Å². The first-order valence-corrected chi connectivity index (χ1v) is 8.67. The predicted octanol–water partition coefficient (Wildman–Crippen LogP) is 1.56. The van der Waals surface area contributed by atoms with E-state index in [0.717, 1.165) is 30.7 Å². The van der Waals surface area contributed by atoms with Crippen molar-refractivity contribution in [3.05, 3.63) is 42.5 Å². The summed E-state index contributed by atoms with van der Waals surface area (Å²) in [6, 6.07) is 8.26. The number of amides is 1. The van der Waals surface area contributed by atoms with Crippen molar-refractivity contribution < 1.29 is 9.53 Å². The zero-order valence-corrected chi connectivity index (χ0v) is 14.8. The Balaban J connectivity index is 1.50. The highest BCUT2D eigenvalue weighted by Crippen LogP contribution is 2.20. The second kappa shape index (κ2) is 8.22. The van der Waals surface area contributed by atoms with E-state index in [2.05, 4.69) is 34.5 Å². The molecule has 3 rings (SSSR count). The molecule has 1 amide bonds. The smallest absolute Gasteiger partial charge is 0.234 e. The lowest BCUT2D eigenvalue weighted by Gasteiger charge is -2.25. The third-order valence-electron chi connectivity index (χ3n) is 4.66. The van der Waals surface area contributed by atoms with Crippen LogP contribution in [0.15, 0.2) is 36.9 Å². The van der Waals surface area contributed by atoms with Gasteiger partial charge in [0.1, 0.15) is 12.7 Å². The quantitative estimate of drug-likeness (QED) is 0.826. The highest BCUT2D eigenvalue weighted by atomic mass is 16.5. The molecule has 1 aromatic heterocycles. The molecule has 2 heterocycles. The maximum atomic E-state index is 12.1. The summed E-state index contributed by atoms with van der Waals surface area (Å²) < 4.78 is 7.25. The number of carbonyl (C=O) groups is 1. The van der Waals surface area contributed by atoms with Gasteiger partial charge in [0, 0.05) is 19.2 Å². The van der Waals surface area contributed by atoms with Gasteiger partial charge in [-0.3, -0.25) is 9.69 Å². The number of ether oxygens (including phenoxy) is 1. The first kappa shape index (κ1) is 17.6. The predicted molar refractivity (Wildman–Crippen MR) is 94.4 cm³/mol. The summed E-state index contributed by atoms with van der Waals surface area (Å²) in [7, 11) is 1.96. The van der Waals surface area contributed by atoms with Crippen molar-refractivity contribution in [2.75, 3.05) is 26.7 Å². The first-order valence-electron chi connectivity index (χ1n) is 8.67. The van der Waals surface area contributed by atoms with Gasteiger partial charge < -0.3 is 10.1 Å². The molecule has 0 radical (unpaired) electrons. The SMILES string of the molecule is CC(c1ccc(-n2cncn2)cc1)N(C)CC(=O)NCC1CCCO1. The Hall–Kier alpha value is -2.25. The van der Waals surface area contributed by atoms with E-state index in [9.17, 15) is 4.79 Å². The van der Waals surface area contributed by atoms with Crippen LogP contribution in [0.4, 0.5) is 0 Å². The highest BCUT2D eigenvalue weighted by molar-refractivity contribution is 5.78. The Morgan fingerprint density at radius 3 is 2.88 bits per heavy atom. The van der Waals surface area contributed by atoms with Crippen LogP contribution in [0.1, 0.15) is 31.4 Å². The van der Waals surface area contributed by atoms with Crippen molar-refractivity contribution in [2.45, 2.75) is 31.9 Å². The van der Waals surface area contributed by atoms with Gasteiger partial charge in [-0.25, -0.2) is 9.67 Å². The van der Waals surface area contributed by atoms with E-state index in [4.69, 9.17) is 4.74 Å². The fourth-order valence-corrected chi connectivity index (χ4v) is 2.95. The van der Waals surface area contributed by atoms with Crippen molar-refractivity contribution >= 4 is 5.91 Å². The Morgan fingerprint density at radius 2 is 2.24 bits per heavy atom. The van der Waals surface area contributed by atoms with Gasteiger partial charge in [0.15, 0.2) is 0 Å². The van der Waals surface area contributed by atoms with E-state index in [0.29, 0.717) is 13.1 Å². The minimum Gasteiger partial charge on any atom is -0.376 e. The van der Waals surface area contributed by atoms with Gasteiger partial charge in [0.2, 0.25) is 5.91 Å². The summed E-state index contributed by atoms with van der Waals surface area (Å²) in [6.45, 7) is 3.87. The number of benzene rings is 1. The number of likely N-dealkylation sites (N-methyl/N-ethyl adjacent to an activating group) is 1. The zero-order chi connectivity index (χ0) is 17.6. The molecule has 1 aliphatic rings. The minimum absolute atomic E-state index is 0.0316. The lowest BCUT2D eigenvalue weighted by molar-refractivity contribution is -0.122. The molecule has 2 aromatic rings. The Labute approximate surface area is 148 Å². The zero-order valence-electron chi connectivity index (χ0n) is 14.8. The van der Waals surface area contributed by atoms with Gasteiger partial charge >= 0.3 is 0 Å². The molecular weight excluding hydrogens is 318 g/mol. The summed E-state index contributed by atoms with van der Waals surface area (Å²) in [6.07, 6.45) is 5.48. The minimum atomic E-state index is 0.0316. The van der Waals surface area contributed by atoms with Gasteiger partial charge in [-0.05, 0) is 44.5 Å². The third kappa shape index (κ3) is 4.64. The molecular formula is C18H25N5O2. The second-order valence-electron chi connectivity index (χ2n) is 6.46. The number of carbonyl (C=O) groups excluding carboxylic acids is 1. The molecule has 134 valence electrons. The molecule has 0 spiro atoms. The fourth-order valence-electron chi connectivity index (χ4n) is 2.95. The van der Waals surface area contributed by atoms with E-state index in [1.54, 1.807) is 11.0 Å². The number of hydrogen-bond donors (Lipinski definition) is 1. The molecule has 7 nitrogen and oxygen atoms in total. The largest absolute Gasteiger partial charge is 0.376 e. The topological polar surface area (TPSA) is 72.3 Å². The van der Waals surface area contributed by atoms with Crippen LogP contribution in [0.5, 0.6) is 0 Å². The molecule has 1 fully saturated rings. The standard InChI is InChI=1S/C18H25N5O2/c1-14(15-5-7-16(8-6-15)23-13-19-12-21-23)22(2)11-18(24)20-10-17-4-3-9-25-17/h5-8,12-14,17H,3-4,9-11H2,1-2H3,(H,20,24). The van der Waals surface area contributed by atoms with Crippen molar-refractivity contribution in [3.8, 4) is 5.69 Å². The summed E-state index contributed by atoms with van der Waals surface area (Å²) in [5.74, 6) is 0.0316. The van der Waals surface area contributed by atoms with Gasteiger partial charge in [-0.15, -0.1) is 0 Å². The Bertz CT molecular complexity index is 665. The normalized spacial score (nSPS) is 18.4. The number of nitrogens with one attached hydrogen (secondary N) is 1. The number of hydrogen-bond acceptors (Lipinski definition) is 5. The molecule has 0 bridgehead atoms. The van der Waals surface area contributed by atoms with E-state index >= 15 is 0 Å². The molecule has 1 saturated heterocycles. The molecule has 0 saturated carbocycles. The number of nitrogens with zero attached hydrogens (tertiary/aromatic N) is 4. The van der Waals surface area contributed by atoms with Gasteiger partial charge in [0.05, 0.1) is 18.3 Å². The number of rotatable bonds is 7. The van der Waals surface area contributed by atoms with Crippen LogP contribution in [0.3, 0.4) is 0 Å². The first-order chi connectivity index (χ1) is 12.1. The lowest BCUT2D eigenvalue weighted by atomic mass is 10.1. The average Bonchev–Trinajstić information content (AvgIpc) is 3.33. The van der Waals surface area contributed by atoms with Crippen LogP contribution in [0.25, 0.3) is 5.69 Å². The highest BCUT2D eigenvalue weighted by Gasteiger charge is 2.18. The van der Waals surface area contributed by atoms with E-state index in [-0.39, 0.29) is 18.1 Å². The van der Waals surface area contributed by atoms with Crippen LogP contribution < -0.4 is 5.32 Å². The molecule has 7 heteroatoms. The molecule has 2 unspecified atom stereocenters. The van der Waals surface area contributed by atoms with Crippen LogP contribution in [-0.2, 0) is 9.53 Å². The molecule has 0 aliphatic carbocycles. The molecule has 1 aromatic carbocycles. The van der Waals surface area contributed by atoms with Crippen LogP contribution >= 0.6 is 0 Å². The van der Waals surface area contributed by atoms with Crippen LogP contribution in [0, 0.1) is 0 Å². The second-order valence-corrected chi connectivity index (χ2v) is 6.46. The van der Waals surface area contributed by atoms with Crippen LogP contribution in [0.2, 0.25) is 0 Å². The molecule has 2 atom stereocenters. The third-order valence-corrected chi connectivity index (χ3v) is 4.66. The van der Waals surface area contributed by atoms with Crippen molar-refractivity contribution in [1.82, 2.24) is 25.0 Å². The molecule has 25 heavy (non-hydrogen) atoms. The Morgan fingerprint density at radius 1 is 1.44 bits per heavy atom. The number of aromatic nitrogens is 3. The van der Waals surface area contributed by atoms with E-state index in [1.165, 1.54) is 6.33 Å². The average molecular weight is 343 g/mol. The maximum absolute atomic E-state index is 12.1. The van der Waals surface area contributed by atoms with Crippen molar-refractivity contribution in [2.24, 2.45) is 0 Å². The lowest BCUT2D eigenvalue weighted by Crippen LogP contribution is -2.39. The summed E-state index contributed by atoms with van der Waals surface area (Å²) in [5, 5.41) is 7.09. The fraction of sp³-hybridized carbons (Fsp3) is 0.500. The monoisotopic (exact) mass is 343 g/mol. The summed E-state index contributed by atoms with van der Waals surface area (Å²) in [4.78, 5) is 18.1. The maximum Gasteiger partial charge on any atom is 0.234 e. The van der Waals surface area contributed by atoms with Gasteiger partial charge in [0.25, 0.3) is 0 Å². The molecule has 1 aliphatic heterocycles. The van der Waals surface area contributed by atoms with Crippen molar-refractivity contribution in [3.63, 3.8) is 0 Å². The van der Waals surface area contributed by atoms with E-state index in [1.807, 2.05) is 24.1 Å². The van der Waals surface area contributed by atoms with Gasteiger partial charge in [-0.2, -0.15) is 5.10 Å². The van der Waals surface area contributed by atoms with Gasteiger partial charge in [-0.1, -0.05) is 12.1 Å². The summed E-state index contributed by atoms with van der Waals surface area (Å²) in [5.41, 5.74) is 2.11.